The van der Waals surface area contributed by atoms with Crippen LogP contribution in [0.2, 0.25) is 0 Å². The molecule has 8 heteroatoms. The van der Waals surface area contributed by atoms with E-state index in [2.05, 4.69) is 5.32 Å². The molecule has 0 unspecified atom stereocenters. The summed E-state index contributed by atoms with van der Waals surface area (Å²) >= 11 is 1.55. The minimum Gasteiger partial charge on any atom is -0.489 e. The lowest BCUT2D eigenvalue weighted by Gasteiger charge is -2.23. The average molecular weight is 533 g/mol. The van der Waals surface area contributed by atoms with Crippen LogP contribution in [0.3, 0.4) is 0 Å². The van der Waals surface area contributed by atoms with Crippen LogP contribution in [0.15, 0.2) is 113 Å². The number of carbonyl (C=O) groups is 1. The predicted molar refractivity (Wildman–Crippen MR) is 150 cm³/mol. The zero-order valence-corrected chi connectivity index (χ0v) is 22.3. The van der Waals surface area contributed by atoms with Gasteiger partial charge >= 0.3 is 0 Å². The molecule has 0 bridgehead atoms. The third-order valence-electron chi connectivity index (χ3n) is 5.71. The number of carbonyl (C=O) groups excluding carboxylic acids is 1. The molecule has 0 aliphatic rings. The molecule has 6 nitrogen and oxygen atoms in total. The van der Waals surface area contributed by atoms with Crippen molar-refractivity contribution in [2.45, 2.75) is 23.3 Å². The number of hydrogen-bond acceptors (Lipinski definition) is 5. The lowest BCUT2D eigenvalue weighted by atomic mass is 10.2. The lowest BCUT2D eigenvalue weighted by molar-refractivity contribution is 0.102. The van der Waals surface area contributed by atoms with Crippen molar-refractivity contribution in [3.05, 3.63) is 114 Å². The summed E-state index contributed by atoms with van der Waals surface area (Å²) in [4.78, 5) is 14.0. The molecule has 4 rings (SSSR count). The number of amides is 1. The van der Waals surface area contributed by atoms with E-state index in [9.17, 15) is 13.2 Å². The molecule has 0 spiro atoms. The van der Waals surface area contributed by atoms with Crippen molar-refractivity contribution in [3.8, 4) is 5.75 Å². The van der Waals surface area contributed by atoms with Crippen molar-refractivity contribution in [2.24, 2.45) is 0 Å². The largest absolute Gasteiger partial charge is 0.489 e. The summed E-state index contributed by atoms with van der Waals surface area (Å²) in [5.74, 6) is 0.415. The summed E-state index contributed by atoms with van der Waals surface area (Å²) in [6.07, 6.45) is 1.94. The highest BCUT2D eigenvalue weighted by atomic mass is 32.2. The summed E-state index contributed by atoms with van der Waals surface area (Å²) in [7, 11) is -3.73. The third kappa shape index (κ3) is 6.53. The van der Waals surface area contributed by atoms with Crippen molar-refractivity contribution in [2.75, 3.05) is 22.4 Å². The van der Waals surface area contributed by atoms with Crippen LogP contribution in [0.25, 0.3) is 0 Å². The molecule has 0 saturated heterocycles. The Kier molecular flexibility index (Phi) is 8.53. The van der Waals surface area contributed by atoms with Crippen LogP contribution in [0.1, 0.15) is 22.8 Å². The highest BCUT2D eigenvalue weighted by Gasteiger charge is 2.23. The number of hydrogen-bond donors (Lipinski definition) is 1. The zero-order valence-electron chi connectivity index (χ0n) is 20.6. The lowest BCUT2D eigenvalue weighted by Crippen LogP contribution is -2.30. The van der Waals surface area contributed by atoms with E-state index in [1.54, 1.807) is 91.5 Å². The number of nitrogens with zero attached hydrogens (tertiary/aromatic N) is 1. The maximum atomic E-state index is 13.2. The fraction of sp³-hybridized carbons (Fsp3) is 0.138. The number of nitrogens with one attached hydrogen (secondary N) is 1. The topological polar surface area (TPSA) is 75.7 Å². The van der Waals surface area contributed by atoms with E-state index in [0.717, 1.165) is 10.5 Å². The smallest absolute Gasteiger partial charge is 0.264 e. The van der Waals surface area contributed by atoms with Crippen molar-refractivity contribution in [3.63, 3.8) is 0 Å². The van der Waals surface area contributed by atoms with Crippen LogP contribution in [0.5, 0.6) is 5.75 Å². The van der Waals surface area contributed by atoms with Crippen molar-refractivity contribution >= 4 is 39.1 Å². The van der Waals surface area contributed by atoms with Gasteiger partial charge in [0.05, 0.1) is 10.6 Å². The first-order valence-electron chi connectivity index (χ1n) is 11.8. The Hall–Kier alpha value is -3.75. The van der Waals surface area contributed by atoms with Gasteiger partial charge in [0.1, 0.15) is 12.4 Å². The Morgan fingerprint density at radius 2 is 1.51 bits per heavy atom. The second kappa shape index (κ2) is 12.0. The number of ether oxygens (including phenoxy) is 1. The molecule has 1 amide bonds. The highest BCUT2D eigenvalue weighted by molar-refractivity contribution is 7.98. The Labute approximate surface area is 222 Å². The van der Waals surface area contributed by atoms with Crippen molar-refractivity contribution < 1.29 is 17.9 Å². The first-order valence-corrected chi connectivity index (χ1v) is 14.4. The minimum atomic E-state index is -3.73. The van der Waals surface area contributed by atoms with E-state index in [0.29, 0.717) is 29.3 Å². The number of benzene rings is 4. The molecule has 190 valence electrons. The first-order chi connectivity index (χ1) is 17.9. The van der Waals surface area contributed by atoms with Gasteiger partial charge in [0.2, 0.25) is 0 Å². The molecule has 0 saturated carbocycles. The molecule has 0 radical (unpaired) electrons. The summed E-state index contributed by atoms with van der Waals surface area (Å²) in [6, 6.07) is 30.4. The fourth-order valence-corrected chi connectivity index (χ4v) is 5.61. The molecule has 4 aromatic carbocycles. The van der Waals surface area contributed by atoms with Crippen molar-refractivity contribution in [1.82, 2.24) is 0 Å². The van der Waals surface area contributed by atoms with Gasteiger partial charge in [-0.15, -0.1) is 11.8 Å². The standard InChI is InChI=1S/C29H28N2O4S2/c1-3-31(37(33,34)28-19-17-27(36-2)18-20-28)25-13-9-23(10-14-25)29(32)30-24-11-15-26(16-12-24)35-21-22-7-5-4-6-8-22/h4-20H,3,21H2,1-2H3,(H,30,32). The number of sulfonamides is 1. The summed E-state index contributed by atoms with van der Waals surface area (Å²) in [6.45, 7) is 2.50. The van der Waals surface area contributed by atoms with Gasteiger partial charge in [0, 0.05) is 22.7 Å². The molecule has 0 heterocycles. The SMILES string of the molecule is CCN(c1ccc(C(=O)Nc2ccc(OCc3ccccc3)cc2)cc1)S(=O)(=O)c1ccc(SC)cc1. The van der Waals surface area contributed by atoms with E-state index < -0.39 is 10.0 Å². The fourth-order valence-electron chi connectivity index (χ4n) is 3.72. The van der Waals surface area contributed by atoms with Gasteiger partial charge in [0.15, 0.2) is 0 Å². The highest BCUT2D eigenvalue weighted by Crippen LogP contribution is 2.26. The van der Waals surface area contributed by atoms with Crippen LogP contribution in [0, 0.1) is 0 Å². The van der Waals surface area contributed by atoms with Crippen LogP contribution >= 0.6 is 11.8 Å². The molecular weight excluding hydrogens is 504 g/mol. The van der Waals surface area contributed by atoms with E-state index in [4.69, 9.17) is 4.74 Å². The molecule has 0 fully saturated rings. The molecule has 37 heavy (non-hydrogen) atoms. The van der Waals surface area contributed by atoms with E-state index in [1.165, 1.54) is 4.31 Å². The molecule has 0 aromatic heterocycles. The zero-order chi connectivity index (χ0) is 26.3. The Bertz CT molecular complexity index is 1420. The quantitative estimate of drug-likeness (QED) is 0.237. The summed E-state index contributed by atoms with van der Waals surface area (Å²) in [5, 5.41) is 2.86. The van der Waals surface area contributed by atoms with Gasteiger partial charge < -0.3 is 10.1 Å². The summed E-state index contributed by atoms with van der Waals surface area (Å²) in [5.41, 5.74) is 2.62. The van der Waals surface area contributed by atoms with Gasteiger partial charge in [-0.25, -0.2) is 8.42 Å². The maximum absolute atomic E-state index is 13.2. The van der Waals surface area contributed by atoms with Crippen LogP contribution in [-0.2, 0) is 16.6 Å². The molecule has 0 atom stereocenters. The maximum Gasteiger partial charge on any atom is 0.264 e. The third-order valence-corrected chi connectivity index (χ3v) is 8.37. The van der Waals surface area contributed by atoms with Gasteiger partial charge in [-0.05, 0) is 91.5 Å². The normalized spacial score (nSPS) is 11.1. The molecule has 0 aliphatic heterocycles. The monoisotopic (exact) mass is 532 g/mol. The molecular formula is C29H28N2O4S2. The first kappa shape index (κ1) is 26.3. The second-order valence-corrected chi connectivity index (χ2v) is 10.9. The number of thioether (sulfide) groups is 1. The van der Waals surface area contributed by atoms with Gasteiger partial charge in [-0.3, -0.25) is 9.10 Å². The minimum absolute atomic E-state index is 0.227. The molecule has 0 aliphatic carbocycles. The van der Waals surface area contributed by atoms with Crippen LogP contribution < -0.4 is 14.4 Å². The Balaban J connectivity index is 1.40. The van der Waals surface area contributed by atoms with Crippen molar-refractivity contribution in [1.29, 1.82) is 0 Å². The van der Waals surface area contributed by atoms with Crippen LogP contribution in [0.4, 0.5) is 11.4 Å². The van der Waals surface area contributed by atoms with Crippen LogP contribution in [-0.4, -0.2) is 27.1 Å². The van der Waals surface area contributed by atoms with E-state index in [1.807, 2.05) is 36.6 Å². The second-order valence-electron chi connectivity index (χ2n) is 8.14. The van der Waals surface area contributed by atoms with E-state index in [-0.39, 0.29) is 17.3 Å². The predicted octanol–water partition coefficient (Wildman–Crippen LogP) is 6.46. The average Bonchev–Trinajstić information content (AvgIpc) is 2.94. The Morgan fingerprint density at radius 3 is 2.11 bits per heavy atom. The number of rotatable bonds is 10. The van der Waals surface area contributed by atoms with E-state index >= 15 is 0 Å². The summed E-state index contributed by atoms with van der Waals surface area (Å²) < 4.78 is 33.5. The molecule has 4 aromatic rings. The van der Waals surface area contributed by atoms with Gasteiger partial charge in [0.25, 0.3) is 15.9 Å². The van der Waals surface area contributed by atoms with Gasteiger partial charge in [-0.2, -0.15) is 0 Å². The number of anilines is 2. The van der Waals surface area contributed by atoms with Gasteiger partial charge in [-0.1, -0.05) is 30.3 Å². The Morgan fingerprint density at radius 1 is 0.865 bits per heavy atom. The molecule has 1 N–H and O–H groups in total.